The van der Waals surface area contributed by atoms with Gasteiger partial charge in [0.2, 0.25) is 0 Å². The summed E-state index contributed by atoms with van der Waals surface area (Å²) in [6.45, 7) is 4.28. The van der Waals surface area contributed by atoms with Crippen LogP contribution in [0.4, 0.5) is 35.1 Å². The highest BCUT2D eigenvalue weighted by atomic mass is 32.1. The van der Waals surface area contributed by atoms with Crippen LogP contribution >= 0.6 is 11.3 Å². The van der Waals surface area contributed by atoms with Crippen LogP contribution in [0.2, 0.25) is 0 Å². The van der Waals surface area contributed by atoms with Gasteiger partial charge >= 0.3 is 12.4 Å². The average molecular weight is 600 g/mol. The van der Waals surface area contributed by atoms with Gasteiger partial charge in [0, 0.05) is 35.8 Å². The number of benzene rings is 1. The van der Waals surface area contributed by atoms with Crippen LogP contribution in [0, 0.1) is 5.41 Å². The molecule has 1 aromatic heterocycles. The van der Waals surface area contributed by atoms with Gasteiger partial charge in [0.05, 0.1) is 4.88 Å². The summed E-state index contributed by atoms with van der Waals surface area (Å²) in [7, 11) is 0. The Hall–Kier alpha value is -2.81. The number of carbonyl (C=O) groups excluding carboxylic acids is 2. The van der Waals surface area contributed by atoms with Gasteiger partial charge in [-0.3, -0.25) is 9.59 Å². The quantitative estimate of drug-likeness (QED) is 0.371. The Labute approximate surface area is 227 Å². The lowest BCUT2D eigenvalue weighted by atomic mass is 9.89. The van der Waals surface area contributed by atoms with Crippen molar-refractivity contribution in [1.29, 1.82) is 0 Å². The van der Waals surface area contributed by atoms with Crippen molar-refractivity contribution < 1.29 is 49.8 Å². The minimum atomic E-state index is -6.28. The number of amides is 2. The normalized spacial score (nSPS) is 19.3. The summed E-state index contributed by atoms with van der Waals surface area (Å²) in [5, 5.41) is 12.1. The Morgan fingerprint density at radius 2 is 1.80 bits per heavy atom. The maximum atomic E-state index is 14.2. The van der Waals surface area contributed by atoms with E-state index < -0.39 is 58.6 Å². The van der Waals surface area contributed by atoms with Crippen molar-refractivity contribution in [3.05, 3.63) is 40.0 Å². The Bertz CT molecular complexity index is 1290. The van der Waals surface area contributed by atoms with Crippen molar-refractivity contribution in [1.82, 2.24) is 15.2 Å². The highest BCUT2D eigenvalue weighted by Crippen LogP contribution is 2.51. The summed E-state index contributed by atoms with van der Waals surface area (Å²) in [4.78, 5) is 31.4. The largest absolute Gasteiger partial charge is 0.430 e. The van der Waals surface area contributed by atoms with E-state index in [1.54, 1.807) is 6.92 Å². The van der Waals surface area contributed by atoms with Crippen LogP contribution < -0.4 is 5.32 Å². The molecule has 1 saturated heterocycles. The first-order valence-electron chi connectivity index (χ1n) is 12.3. The predicted molar refractivity (Wildman–Crippen MR) is 128 cm³/mol. The lowest BCUT2D eigenvalue weighted by Gasteiger charge is -2.33. The van der Waals surface area contributed by atoms with Crippen LogP contribution in [0.15, 0.2) is 18.2 Å². The minimum absolute atomic E-state index is 0.0822. The number of hydrogen-bond donors (Lipinski definition) is 2. The van der Waals surface area contributed by atoms with Crippen LogP contribution in [0.25, 0.3) is 10.4 Å². The van der Waals surface area contributed by atoms with Gasteiger partial charge in [-0.25, -0.2) is 13.8 Å². The summed E-state index contributed by atoms with van der Waals surface area (Å²) in [6, 6.07) is 0.438. The Kier molecular flexibility index (Phi) is 7.71. The molecule has 0 unspecified atom stereocenters. The lowest BCUT2D eigenvalue weighted by Crippen LogP contribution is -2.54. The van der Waals surface area contributed by atoms with Gasteiger partial charge in [0.25, 0.3) is 23.8 Å². The van der Waals surface area contributed by atoms with E-state index >= 15 is 0 Å². The molecule has 4 rings (SSSR count). The van der Waals surface area contributed by atoms with E-state index in [1.807, 2.05) is 6.92 Å². The molecule has 220 valence electrons. The number of carbonyl (C=O) groups is 2. The zero-order valence-electron chi connectivity index (χ0n) is 21.2. The van der Waals surface area contributed by atoms with E-state index in [4.69, 9.17) is 0 Å². The van der Waals surface area contributed by atoms with Gasteiger partial charge in [-0.1, -0.05) is 19.1 Å². The van der Waals surface area contributed by atoms with Crippen molar-refractivity contribution in [2.75, 3.05) is 13.1 Å². The van der Waals surface area contributed by atoms with Crippen molar-refractivity contribution in [2.24, 2.45) is 5.41 Å². The molecule has 0 spiro atoms. The van der Waals surface area contributed by atoms with E-state index in [2.05, 4.69) is 10.3 Å². The van der Waals surface area contributed by atoms with E-state index in [0.717, 1.165) is 12.8 Å². The monoisotopic (exact) mass is 599 g/mol. The number of alkyl halides is 8. The van der Waals surface area contributed by atoms with E-state index in [-0.39, 0.29) is 40.0 Å². The number of likely N-dealkylation sites (tertiary alicyclic amines) is 1. The molecular weight excluding hydrogens is 574 g/mol. The van der Waals surface area contributed by atoms with Crippen LogP contribution in [-0.4, -0.2) is 58.3 Å². The molecule has 2 aromatic rings. The molecule has 1 aliphatic heterocycles. The molecule has 2 fully saturated rings. The number of rotatable bonds is 7. The molecule has 15 heteroatoms. The number of thiazole rings is 1. The fourth-order valence-corrected chi connectivity index (χ4v) is 5.56. The number of halogens is 8. The van der Waals surface area contributed by atoms with E-state index in [0.29, 0.717) is 36.8 Å². The maximum absolute atomic E-state index is 14.2. The summed E-state index contributed by atoms with van der Waals surface area (Å²) in [6.07, 6.45) is -13.1. The van der Waals surface area contributed by atoms with Gasteiger partial charge in [-0.15, -0.1) is 11.3 Å². The van der Waals surface area contributed by atoms with Gasteiger partial charge in [-0.05, 0) is 44.1 Å². The predicted octanol–water partition coefficient (Wildman–Crippen LogP) is 6.21. The molecular formula is C25H25F8N3O3S. The van der Waals surface area contributed by atoms with Gasteiger partial charge in [0.15, 0.2) is 5.01 Å². The van der Waals surface area contributed by atoms with Crippen LogP contribution in [0.3, 0.4) is 0 Å². The second-order valence-corrected chi connectivity index (χ2v) is 11.5. The maximum Gasteiger partial charge on any atom is 0.430 e. The smallest absolute Gasteiger partial charge is 0.369 e. The minimum Gasteiger partial charge on any atom is -0.369 e. The van der Waals surface area contributed by atoms with E-state index in [1.165, 1.54) is 4.90 Å². The zero-order valence-corrected chi connectivity index (χ0v) is 22.0. The Balaban J connectivity index is 1.84. The lowest BCUT2D eigenvalue weighted by molar-refractivity contribution is -0.376. The third-order valence-electron chi connectivity index (χ3n) is 7.39. The zero-order chi connectivity index (χ0) is 29.8. The Morgan fingerprint density at radius 1 is 1.18 bits per heavy atom. The second-order valence-electron chi connectivity index (χ2n) is 10.5. The second kappa shape index (κ2) is 10.2. The number of nitrogens with zero attached hydrogens (tertiary/aromatic N) is 2. The van der Waals surface area contributed by atoms with Crippen molar-refractivity contribution in [3.63, 3.8) is 0 Å². The van der Waals surface area contributed by atoms with Crippen molar-refractivity contribution in [3.8, 4) is 10.4 Å². The van der Waals surface area contributed by atoms with Gasteiger partial charge < -0.3 is 15.3 Å². The number of nitrogens with one attached hydrogen (secondary N) is 1. The molecule has 1 saturated carbocycles. The van der Waals surface area contributed by atoms with E-state index in [9.17, 15) is 49.8 Å². The SMILES string of the molecule is C[C@H]1CCCN1C(=O)c1nc(C(=O)NCC2(C)CC2)sc1-c1ccc(C(O)(C(F)(F)F)C(F)(F)F)cc1C(F)F. The topological polar surface area (TPSA) is 82.5 Å². The molecule has 40 heavy (non-hydrogen) atoms. The molecule has 6 nitrogen and oxygen atoms in total. The number of aliphatic hydroxyl groups is 1. The number of aromatic nitrogens is 1. The van der Waals surface area contributed by atoms with Crippen molar-refractivity contribution in [2.45, 2.75) is 70.0 Å². The average Bonchev–Trinajstić information content (AvgIpc) is 3.24. The summed E-state index contributed by atoms with van der Waals surface area (Å²) in [5.41, 5.74) is -9.69. The fourth-order valence-electron chi connectivity index (χ4n) is 4.54. The molecule has 1 aromatic carbocycles. The summed E-state index contributed by atoms with van der Waals surface area (Å²) < 4.78 is 109. The molecule has 1 atom stereocenters. The highest BCUT2D eigenvalue weighted by molar-refractivity contribution is 7.17. The van der Waals surface area contributed by atoms with Crippen LogP contribution in [0.1, 0.15) is 77.4 Å². The fraction of sp³-hybridized carbons (Fsp3) is 0.560. The molecule has 0 radical (unpaired) electrons. The first-order chi connectivity index (χ1) is 18.4. The molecule has 2 N–H and O–H groups in total. The molecule has 2 aliphatic rings. The third kappa shape index (κ3) is 5.41. The van der Waals surface area contributed by atoms with Crippen LogP contribution in [-0.2, 0) is 5.60 Å². The Morgan fingerprint density at radius 3 is 2.30 bits per heavy atom. The van der Waals surface area contributed by atoms with Crippen LogP contribution in [0.5, 0.6) is 0 Å². The summed E-state index contributed by atoms with van der Waals surface area (Å²) >= 11 is 0.525. The standard InChI is InChI=1S/C25H25F8N3O3S/c1-12-4-3-9-36(12)21(38)16-17(40-20(35-16)19(37)34-11-22(2)7-8-22)14-6-5-13(10-15(14)18(26)27)23(39,24(28,29)30)25(31,32)33/h5-6,10,12,18,39H,3-4,7-9,11H2,1-2H3,(H,34,37)/t12-/m0/s1. The van der Waals surface area contributed by atoms with Gasteiger partial charge in [-0.2, -0.15) is 26.3 Å². The number of hydrogen-bond acceptors (Lipinski definition) is 5. The molecule has 0 bridgehead atoms. The highest BCUT2D eigenvalue weighted by Gasteiger charge is 2.71. The van der Waals surface area contributed by atoms with Gasteiger partial charge in [0.1, 0.15) is 5.69 Å². The molecule has 1 aliphatic carbocycles. The van der Waals surface area contributed by atoms with Crippen molar-refractivity contribution >= 4 is 23.2 Å². The first-order valence-corrected chi connectivity index (χ1v) is 13.1. The first kappa shape index (κ1) is 30.2. The molecule has 2 heterocycles. The summed E-state index contributed by atoms with van der Waals surface area (Å²) in [5.74, 6) is -1.41. The third-order valence-corrected chi connectivity index (χ3v) is 8.47. The molecule has 2 amide bonds.